The van der Waals surface area contributed by atoms with Crippen LogP contribution in [0.15, 0.2) is 12.2 Å². The van der Waals surface area contributed by atoms with Crippen molar-refractivity contribution in [1.82, 2.24) is 0 Å². The highest BCUT2D eigenvalue weighted by molar-refractivity contribution is 5.23. The highest BCUT2D eigenvalue weighted by Crippen LogP contribution is 2.70. The van der Waals surface area contributed by atoms with E-state index in [1.165, 1.54) is 6.42 Å². The van der Waals surface area contributed by atoms with Crippen molar-refractivity contribution in [3.05, 3.63) is 12.2 Å². The van der Waals surface area contributed by atoms with Gasteiger partial charge in [-0.3, -0.25) is 0 Å². The quantitative estimate of drug-likeness (QED) is 0.547. The van der Waals surface area contributed by atoms with Gasteiger partial charge in [-0.1, -0.05) is 12.2 Å². The third kappa shape index (κ3) is 1.19. The molecule has 0 amide bonds. The summed E-state index contributed by atoms with van der Waals surface area (Å²) < 4.78 is 33.7. The Hall–Kier alpha value is -0.480. The van der Waals surface area contributed by atoms with Crippen LogP contribution < -0.4 is 0 Å². The molecule has 3 saturated carbocycles. The van der Waals surface area contributed by atoms with Gasteiger partial charge in [0.15, 0.2) is 0 Å². The summed E-state index contributed by atoms with van der Waals surface area (Å²) in [5.74, 6) is -2.20. The Kier molecular flexibility index (Phi) is 2.00. The van der Waals surface area contributed by atoms with Crippen LogP contribution in [-0.2, 0) is 4.74 Å². The molecule has 0 aromatic rings. The highest BCUT2D eigenvalue weighted by atomic mass is 19.3. The van der Waals surface area contributed by atoms with Gasteiger partial charge in [-0.15, -0.1) is 0 Å². The Morgan fingerprint density at radius 3 is 2.40 bits per heavy atom. The first-order valence-electron chi connectivity index (χ1n) is 7.85. The smallest absolute Gasteiger partial charge is 0.300 e. The van der Waals surface area contributed by atoms with Crippen LogP contribution in [-0.4, -0.2) is 22.9 Å². The summed E-state index contributed by atoms with van der Waals surface area (Å²) in [6.45, 7) is 1.13. The van der Waals surface area contributed by atoms with Crippen LogP contribution in [0, 0.1) is 41.4 Å². The average Bonchev–Trinajstić information content (AvgIpc) is 3.05. The number of hydrogen-bond donors (Lipinski definition) is 1. The zero-order chi connectivity index (χ0) is 13.9. The lowest BCUT2D eigenvalue weighted by atomic mass is 9.65. The van der Waals surface area contributed by atoms with Gasteiger partial charge in [0.1, 0.15) is 0 Å². The summed E-state index contributed by atoms with van der Waals surface area (Å²) in [5.41, 5.74) is 0. The van der Waals surface area contributed by atoms with E-state index in [9.17, 15) is 13.9 Å². The van der Waals surface area contributed by atoms with E-state index in [0.29, 0.717) is 35.5 Å². The second kappa shape index (κ2) is 3.30. The number of alkyl halides is 2. The predicted octanol–water partition coefficient (Wildman–Crippen LogP) is 2.82. The largest absolute Gasteiger partial charge is 0.361 e. The van der Waals surface area contributed by atoms with E-state index in [2.05, 4.69) is 12.2 Å². The van der Waals surface area contributed by atoms with Gasteiger partial charge in [0.25, 0.3) is 0 Å². The van der Waals surface area contributed by atoms with E-state index in [1.54, 1.807) is 0 Å². The monoisotopic (exact) mass is 282 g/mol. The van der Waals surface area contributed by atoms with Crippen LogP contribution in [0.4, 0.5) is 8.78 Å². The maximum absolute atomic E-state index is 14.1. The van der Waals surface area contributed by atoms with Gasteiger partial charge >= 0.3 is 5.92 Å². The lowest BCUT2D eigenvalue weighted by molar-refractivity contribution is -0.368. The summed E-state index contributed by atoms with van der Waals surface area (Å²) in [6, 6.07) is 0. The SMILES string of the molecule is CC1(O)OC2C(CC1(F)F)C1CC2C2C3C=CC(C3)C12. The lowest BCUT2D eigenvalue weighted by Crippen LogP contribution is -2.60. The van der Waals surface area contributed by atoms with Crippen molar-refractivity contribution >= 4 is 0 Å². The van der Waals surface area contributed by atoms with Crippen LogP contribution in [0.5, 0.6) is 0 Å². The highest BCUT2D eigenvalue weighted by Gasteiger charge is 2.70. The minimum atomic E-state index is -3.12. The molecule has 1 saturated heterocycles. The van der Waals surface area contributed by atoms with Gasteiger partial charge < -0.3 is 9.84 Å². The Morgan fingerprint density at radius 1 is 1.05 bits per heavy atom. The second-order valence-corrected chi connectivity index (χ2v) is 7.80. The van der Waals surface area contributed by atoms with Crippen LogP contribution in [0.3, 0.4) is 0 Å². The Morgan fingerprint density at radius 2 is 1.70 bits per heavy atom. The molecule has 9 unspecified atom stereocenters. The van der Waals surface area contributed by atoms with Gasteiger partial charge in [-0.2, -0.15) is 0 Å². The fourth-order valence-corrected chi connectivity index (χ4v) is 6.39. The number of aliphatic hydroxyl groups is 1. The topological polar surface area (TPSA) is 29.5 Å². The first-order valence-corrected chi connectivity index (χ1v) is 7.85. The summed E-state index contributed by atoms with van der Waals surface area (Å²) in [7, 11) is 0. The second-order valence-electron chi connectivity index (χ2n) is 7.80. The van der Waals surface area contributed by atoms with Crippen molar-refractivity contribution in [2.75, 3.05) is 0 Å². The maximum atomic E-state index is 14.1. The molecule has 4 fully saturated rings. The number of halogens is 2. The maximum Gasteiger partial charge on any atom is 0.300 e. The third-order valence-corrected chi connectivity index (χ3v) is 7.05. The van der Waals surface area contributed by atoms with E-state index in [0.717, 1.165) is 13.3 Å². The standard InChI is InChI=1S/C16H20F2O2/c1-15(19)16(17,18)6-11-9-5-10(14(11)20-15)13-8-3-2-7(4-8)12(9)13/h2-3,7-14,19H,4-6H2,1H3. The van der Waals surface area contributed by atoms with Crippen LogP contribution >= 0.6 is 0 Å². The molecule has 0 radical (unpaired) electrons. The Balaban J connectivity index is 1.52. The van der Waals surface area contributed by atoms with Crippen molar-refractivity contribution in [3.63, 3.8) is 0 Å². The van der Waals surface area contributed by atoms with Gasteiger partial charge in [0, 0.05) is 6.42 Å². The van der Waals surface area contributed by atoms with E-state index >= 15 is 0 Å². The average molecular weight is 282 g/mol. The first-order chi connectivity index (χ1) is 9.39. The van der Waals surface area contributed by atoms with E-state index in [1.807, 2.05) is 0 Å². The Bertz CT molecular complexity index is 459. The van der Waals surface area contributed by atoms with Gasteiger partial charge in [-0.05, 0) is 61.2 Å². The number of fused-ring (bicyclic) bond motifs is 12. The number of rotatable bonds is 0. The molecule has 1 aliphatic heterocycles. The summed E-state index contributed by atoms with van der Waals surface area (Å²) in [5, 5.41) is 9.96. The molecular formula is C16H20F2O2. The molecule has 4 heteroatoms. The molecular weight excluding hydrogens is 262 g/mol. The lowest BCUT2D eigenvalue weighted by Gasteiger charge is -2.50. The molecule has 110 valence electrons. The number of ether oxygens (including phenoxy) is 1. The number of allylic oxidation sites excluding steroid dienone is 2. The van der Waals surface area contributed by atoms with Gasteiger partial charge in [-0.25, -0.2) is 8.78 Å². The van der Waals surface area contributed by atoms with Gasteiger partial charge in [0.05, 0.1) is 6.10 Å². The van der Waals surface area contributed by atoms with Crippen LogP contribution in [0.1, 0.15) is 26.2 Å². The summed E-state index contributed by atoms with van der Waals surface area (Å²) in [4.78, 5) is 0. The summed E-state index contributed by atoms with van der Waals surface area (Å²) in [6.07, 6.45) is 6.55. The minimum absolute atomic E-state index is 0.0516. The molecule has 5 rings (SSSR count). The molecule has 20 heavy (non-hydrogen) atoms. The van der Waals surface area contributed by atoms with Crippen molar-refractivity contribution in [2.24, 2.45) is 41.4 Å². The predicted molar refractivity (Wildman–Crippen MR) is 67.9 cm³/mol. The van der Waals surface area contributed by atoms with Crippen molar-refractivity contribution in [1.29, 1.82) is 0 Å². The molecule has 5 aliphatic rings. The normalized spacial score (nSPS) is 64.6. The van der Waals surface area contributed by atoms with Crippen molar-refractivity contribution in [3.8, 4) is 0 Å². The molecule has 0 aromatic carbocycles. The Labute approximate surface area is 117 Å². The van der Waals surface area contributed by atoms with E-state index in [-0.39, 0.29) is 18.4 Å². The third-order valence-electron chi connectivity index (χ3n) is 7.05. The molecule has 1 N–H and O–H groups in total. The van der Waals surface area contributed by atoms with E-state index < -0.39 is 11.7 Å². The molecule has 0 spiro atoms. The molecule has 1 heterocycles. The molecule has 4 aliphatic carbocycles. The molecule has 4 bridgehead atoms. The van der Waals surface area contributed by atoms with Crippen LogP contribution in [0.25, 0.3) is 0 Å². The molecule has 9 atom stereocenters. The van der Waals surface area contributed by atoms with Gasteiger partial charge in [0.2, 0.25) is 5.79 Å². The van der Waals surface area contributed by atoms with Crippen molar-refractivity contribution < 1.29 is 18.6 Å². The molecule has 0 aromatic heterocycles. The molecule has 2 nitrogen and oxygen atoms in total. The van der Waals surface area contributed by atoms with Crippen molar-refractivity contribution in [2.45, 2.75) is 44.0 Å². The zero-order valence-corrected chi connectivity index (χ0v) is 11.5. The fourth-order valence-electron chi connectivity index (χ4n) is 6.39. The fraction of sp³-hybridized carbons (Fsp3) is 0.875. The zero-order valence-electron chi connectivity index (χ0n) is 11.5. The minimum Gasteiger partial charge on any atom is -0.361 e. The first kappa shape index (κ1) is 12.1. The van der Waals surface area contributed by atoms with Crippen LogP contribution in [0.2, 0.25) is 0 Å². The number of hydrogen-bond acceptors (Lipinski definition) is 2. The van der Waals surface area contributed by atoms with E-state index in [4.69, 9.17) is 4.74 Å². The summed E-state index contributed by atoms with van der Waals surface area (Å²) >= 11 is 0.